The zero-order valence-electron chi connectivity index (χ0n) is 27.9. The van der Waals surface area contributed by atoms with Crippen molar-refractivity contribution in [1.82, 2.24) is 29.1 Å². The Morgan fingerprint density at radius 3 is 1.74 bits per heavy atom. The largest absolute Gasteiger partial charge is 0.394 e. The molecule has 2 unspecified atom stereocenters. The first-order valence-electron chi connectivity index (χ1n) is 15.1. The molecule has 21 nitrogen and oxygen atoms in total. The molecular weight excluding hydrogens is 687 g/mol. The van der Waals surface area contributed by atoms with Gasteiger partial charge in [0, 0.05) is 26.6 Å². The minimum Gasteiger partial charge on any atom is -0.394 e. The number of aromatic amines is 2. The monoisotopic (exact) mass is 728 g/mol. The lowest BCUT2D eigenvalue weighted by atomic mass is 9.96. The summed E-state index contributed by atoms with van der Waals surface area (Å²) in [6, 6.07) is 0. The maximum absolute atomic E-state index is 12.2. The molecule has 0 radical (unpaired) electrons. The zero-order chi connectivity index (χ0) is 37.1. The van der Waals surface area contributed by atoms with Crippen LogP contribution in [-0.2, 0) is 28.2 Å². The summed E-state index contributed by atoms with van der Waals surface area (Å²) in [6.07, 6.45) is -4.03. The van der Waals surface area contributed by atoms with Crippen molar-refractivity contribution in [2.45, 2.75) is 76.0 Å². The normalized spacial score (nSPS) is 29.9. The fraction of sp³-hybridized carbons (Fsp3) is 0.571. The van der Waals surface area contributed by atoms with Gasteiger partial charge in [-0.1, -0.05) is 0 Å². The van der Waals surface area contributed by atoms with E-state index < -0.39 is 67.8 Å². The molecule has 2 aliphatic rings. The minimum atomic E-state index is -4.47. The molecule has 6 heterocycles. The molecule has 2 saturated heterocycles. The predicted molar refractivity (Wildman–Crippen MR) is 175 cm³/mol. The molecule has 11 N–H and O–H groups in total. The van der Waals surface area contributed by atoms with Crippen molar-refractivity contribution in [2.75, 3.05) is 38.6 Å². The van der Waals surface area contributed by atoms with Crippen molar-refractivity contribution >= 4 is 41.6 Å². The molecule has 2 fully saturated rings. The molecule has 50 heavy (non-hydrogen) atoms. The van der Waals surface area contributed by atoms with E-state index in [1.165, 1.54) is 18.8 Å². The number of aliphatic hydroxyl groups is 3. The second kappa shape index (κ2) is 13.4. The number of aromatic nitrogens is 6. The first-order chi connectivity index (χ1) is 23.3. The van der Waals surface area contributed by atoms with Gasteiger partial charge in [0.15, 0.2) is 36.4 Å². The molecule has 0 spiro atoms. The third-order valence-electron chi connectivity index (χ3n) is 9.08. The predicted octanol–water partition coefficient (Wildman–Crippen LogP) is -1.34. The van der Waals surface area contributed by atoms with Crippen LogP contribution in [0.2, 0.25) is 0 Å². The average Bonchev–Trinajstić information content (AvgIpc) is 3.70. The number of nitrogens with one attached hydrogen (secondary N) is 2. The summed E-state index contributed by atoms with van der Waals surface area (Å²) in [7, 11) is -1.67. The number of fused-ring (bicyclic) bond motifs is 2. The molecule has 22 heteroatoms. The maximum Gasteiger partial charge on any atom is 0.351 e. The molecule has 0 aromatic carbocycles. The van der Waals surface area contributed by atoms with Crippen LogP contribution < -0.4 is 22.6 Å². The van der Waals surface area contributed by atoms with E-state index in [1.54, 1.807) is 44.7 Å². The Hall–Kier alpha value is -3.73. The lowest BCUT2D eigenvalue weighted by Crippen LogP contribution is -2.46. The Kier molecular flexibility index (Phi) is 10.1. The minimum absolute atomic E-state index is 0.0155. The number of nitrogens with zero attached hydrogens (tertiary/aromatic N) is 4. The smallest absolute Gasteiger partial charge is 0.351 e. The van der Waals surface area contributed by atoms with Crippen LogP contribution in [0.25, 0.3) is 22.1 Å². The highest BCUT2D eigenvalue weighted by atomic mass is 31.2. The van der Waals surface area contributed by atoms with E-state index in [0.29, 0.717) is 27.5 Å². The van der Waals surface area contributed by atoms with Crippen LogP contribution in [0.1, 0.15) is 37.4 Å². The molecule has 0 aliphatic carbocycles. The van der Waals surface area contributed by atoms with Gasteiger partial charge in [0.1, 0.15) is 29.5 Å². The summed E-state index contributed by atoms with van der Waals surface area (Å²) in [5.74, 6) is -0.114. The number of nitrogen functional groups attached to an aromatic ring is 2. The third-order valence-corrected chi connectivity index (χ3v) is 9.57. The Morgan fingerprint density at radius 2 is 1.32 bits per heavy atom. The van der Waals surface area contributed by atoms with E-state index in [-0.39, 0.29) is 29.7 Å². The molecule has 2 aliphatic heterocycles. The SMILES string of the molecule is CO[C@]1(C)C(O)[C@@H](CO)O[C@H]1n1cc(C)c2c(=O)[nH]c(N)nc21.CO[C@]1(C)C(O)[C@@H](OCP(=O)(O)O)O[C@H]1n1cc(C)c2c(=O)[nH]c(N)nc21. The molecular formula is C28H41N8O13P. The molecule has 0 bridgehead atoms. The van der Waals surface area contributed by atoms with Gasteiger partial charge in [-0.2, -0.15) is 9.97 Å². The van der Waals surface area contributed by atoms with E-state index in [1.807, 2.05) is 0 Å². The maximum atomic E-state index is 12.2. The van der Waals surface area contributed by atoms with Gasteiger partial charge in [-0.3, -0.25) is 24.1 Å². The van der Waals surface area contributed by atoms with Crippen molar-refractivity contribution in [1.29, 1.82) is 0 Å². The average molecular weight is 729 g/mol. The molecule has 0 amide bonds. The molecule has 276 valence electrons. The summed E-state index contributed by atoms with van der Waals surface area (Å²) in [4.78, 5) is 55.5. The number of aliphatic hydroxyl groups excluding tert-OH is 3. The highest BCUT2D eigenvalue weighted by Crippen LogP contribution is 2.45. The van der Waals surface area contributed by atoms with E-state index in [4.69, 9.17) is 44.9 Å². The Balaban J connectivity index is 0.000000197. The summed E-state index contributed by atoms with van der Waals surface area (Å²) < 4.78 is 41.6. The van der Waals surface area contributed by atoms with Crippen LogP contribution >= 0.6 is 7.60 Å². The zero-order valence-corrected chi connectivity index (χ0v) is 28.8. The Labute approximate surface area is 282 Å². The quantitative estimate of drug-likeness (QED) is 0.0948. The summed E-state index contributed by atoms with van der Waals surface area (Å²) in [5, 5.41) is 31.0. The standard InChI is InChI=1S/C14H21N4O8P.C14H20N4O5/c1-6-4-18(9-7(6)10(20)17-13(15)16-9)12-14(2,24-3)8(19)11(26-12)25-5-27(21,22)23;1-6-4-18(10-8(6)11(21)17-13(15)16-10)12-14(2,22-3)9(20)7(5-19)23-12/h4,8,11-12,19H,5H2,1-3H3,(H2,21,22,23)(H3,15,16,17,20);4,7,9,12,19-20H,5H2,1-3H3,(H3,15,16,17,21)/t8?,11-,12+,14+;7-,9?,12-,14-/m01/s1. The van der Waals surface area contributed by atoms with Gasteiger partial charge in [0.2, 0.25) is 11.9 Å². The van der Waals surface area contributed by atoms with Gasteiger partial charge in [0.05, 0.1) is 17.4 Å². The van der Waals surface area contributed by atoms with Crippen molar-refractivity contribution in [2.24, 2.45) is 0 Å². The van der Waals surface area contributed by atoms with E-state index >= 15 is 0 Å². The highest BCUT2D eigenvalue weighted by Gasteiger charge is 2.57. The molecule has 4 aromatic heterocycles. The molecule has 0 saturated carbocycles. The van der Waals surface area contributed by atoms with E-state index in [9.17, 15) is 29.5 Å². The lowest BCUT2D eigenvalue weighted by molar-refractivity contribution is -0.167. The van der Waals surface area contributed by atoms with Gasteiger partial charge in [0.25, 0.3) is 11.1 Å². The molecule has 4 aromatic rings. The van der Waals surface area contributed by atoms with E-state index in [2.05, 4.69) is 19.9 Å². The molecule has 8 atom stereocenters. The van der Waals surface area contributed by atoms with E-state index in [0.717, 1.165) is 0 Å². The fourth-order valence-electron chi connectivity index (χ4n) is 6.28. The number of rotatable bonds is 8. The molecule has 6 rings (SSSR count). The van der Waals surface area contributed by atoms with Crippen molar-refractivity contribution in [3.8, 4) is 0 Å². The number of nitrogens with two attached hydrogens (primary N) is 2. The number of hydrogen-bond acceptors (Lipinski definition) is 15. The van der Waals surface area contributed by atoms with Gasteiger partial charge in [-0.05, 0) is 38.8 Å². The fourth-order valence-corrected chi connectivity index (χ4v) is 6.62. The summed E-state index contributed by atoms with van der Waals surface area (Å²) in [5.41, 5.74) is 9.85. The van der Waals surface area contributed by atoms with Crippen LogP contribution in [0.4, 0.5) is 11.9 Å². The van der Waals surface area contributed by atoms with Gasteiger partial charge < -0.3 is 69.4 Å². The number of ether oxygens (including phenoxy) is 5. The third kappa shape index (κ3) is 6.35. The van der Waals surface area contributed by atoms with Crippen molar-refractivity contribution < 1.29 is 53.4 Å². The number of aryl methyl sites for hydroxylation is 2. The number of hydrogen-bond donors (Lipinski definition) is 9. The summed E-state index contributed by atoms with van der Waals surface area (Å²) in [6.45, 7) is 6.33. The van der Waals surface area contributed by atoms with Gasteiger partial charge >= 0.3 is 7.60 Å². The van der Waals surface area contributed by atoms with Gasteiger partial charge in [-0.25, -0.2) is 0 Å². The van der Waals surface area contributed by atoms with Gasteiger partial charge in [-0.15, -0.1) is 0 Å². The van der Waals surface area contributed by atoms with Crippen LogP contribution in [0, 0.1) is 13.8 Å². The number of methoxy groups -OCH3 is 2. The topological polar surface area (TPSA) is 318 Å². The van der Waals surface area contributed by atoms with Crippen LogP contribution in [0.15, 0.2) is 22.0 Å². The second-order valence-electron chi connectivity index (χ2n) is 12.4. The van der Waals surface area contributed by atoms with Crippen LogP contribution in [0.5, 0.6) is 0 Å². The second-order valence-corrected chi connectivity index (χ2v) is 14.0. The first-order valence-corrected chi connectivity index (χ1v) is 16.9. The Morgan fingerprint density at radius 1 is 0.880 bits per heavy atom. The van der Waals surface area contributed by atoms with Crippen LogP contribution in [-0.4, -0.2) is 117 Å². The highest BCUT2D eigenvalue weighted by molar-refractivity contribution is 7.51. The lowest BCUT2D eigenvalue weighted by Gasteiger charge is -2.31. The van der Waals surface area contributed by atoms with Crippen molar-refractivity contribution in [3.05, 3.63) is 44.2 Å². The first kappa shape index (κ1) is 37.5. The number of H-pyrrole nitrogens is 2. The number of anilines is 2. The summed E-state index contributed by atoms with van der Waals surface area (Å²) >= 11 is 0. The van der Waals surface area contributed by atoms with Crippen LogP contribution in [0.3, 0.4) is 0 Å². The Bertz CT molecular complexity index is 2060. The van der Waals surface area contributed by atoms with Crippen molar-refractivity contribution in [3.63, 3.8) is 0 Å².